The molecule has 0 spiro atoms. The number of carboxylic acid groups (broad SMARTS) is 1. The minimum absolute atomic E-state index is 0.110. The first-order valence-corrected chi connectivity index (χ1v) is 7.62. The highest BCUT2D eigenvalue weighted by atomic mass is 16.4. The van der Waals surface area contributed by atoms with Gasteiger partial charge in [0.05, 0.1) is 12.5 Å². The summed E-state index contributed by atoms with van der Waals surface area (Å²) in [6, 6.07) is -1.32. The number of carboxylic acids is 1. The van der Waals surface area contributed by atoms with Gasteiger partial charge in [0.15, 0.2) is 0 Å². The number of nitrogens with zero attached hydrogens (tertiary/aromatic N) is 2. The molecule has 21 heavy (non-hydrogen) atoms. The number of carbonyl (C=O) groups is 3. The van der Waals surface area contributed by atoms with E-state index in [1.54, 1.807) is 4.90 Å². The molecule has 2 atom stereocenters. The molecule has 2 rings (SSSR count). The van der Waals surface area contributed by atoms with E-state index >= 15 is 0 Å². The molecule has 118 valence electrons. The Kier molecular flexibility index (Phi) is 4.37. The highest BCUT2D eigenvalue weighted by molar-refractivity contribution is 6.05. The number of likely N-dealkylation sites (tertiary alicyclic amines) is 2. The Hall–Kier alpha value is -1.43. The Morgan fingerprint density at radius 3 is 2.62 bits per heavy atom. The predicted octanol–water partition coefficient (Wildman–Crippen LogP) is 1.10. The van der Waals surface area contributed by atoms with Gasteiger partial charge in [-0.05, 0) is 31.2 Å². The quantitative estimate of drug-likeness (QED) is 0.786. The summed E-state index contributed by atoms with van der Waals surface area (Å²) in [4.78, 5) is 39.2. The van der Waals surface area contributed by atoms with E-state index in [2.05, 4.69) is 0 Å². The first-order valence-electron chi connectivity index (χ1n) is 7.62. The van der Waals surface area contributed by atoms with Crippen molar-refractivity contribution in [2.45, 2.75) is 58.5 Å². The Morgan fingerprint density at radius 2 is 2.05 bits per heavy atom. The van der Waals surface area contributed by atoms with Gasteiger partial charge in [-0.15, -0.1) is 0 Å². The number of rotatable bonds is 4. The van der Waals surface area contributed by atoms with Gasteiger partial charge in [0.2, 0.25) is 11.8 Å². The van der Waals surface area contributed by atoms with Gasteiger partial charge in [-0.1, -0.05) is 20.8 Å². The summed E-state index contributed by atoms with van der Waals surface area (Å²) < 4.78 is 0. The summed E-state index contributed by atoms with van der Waals surface area (Å²) in [6.07, 6.45) is 2.49. The van der Waals surface area contributed by atoms with Crippen LogP contribution in [0.15, 0.2) is 0 Å². The first kappa shape index (κ1) is 15.9. The van der Waals surface area contributed by atoms with E-state index < -0.39 is 23.5 Å². The molecule has 0 aromatic heterocycles. The van der Waals surface area contributed by atoms with Crippen LogP contribution in [0.1, 0.15) is 46.5 Å². The van der Waals surface area contributed by atoms with Crippen LogP contribution >= 0.6 is 0 Å². The fraction of sp³-hybridized carbons (Fsp3) is 0.800. The normalized spacial score (nSPS) is 30.0. The van der Waals surface area contributed by atoms with E-state index in [-0.39, 0.29) is 18.2 Å². The van der Waals surface area contributed by atoms with E-state index in [1.807, 2.05) is 20.8 Å². The van der Waals surface area contributed by atoms with E-state index in [1.165, 1.54) is 4.90 Å². The lowest BCUT2D eigenvalue weighted by atomic mass is 9.75. The Labute approximate surface area is 125 Å². The van der Waals surface area contributed by atoms with E-state index in [9.17, 15) is 19.5 Å². The van der Waals surface area contributed by atoms with Crippen molar-refractivity contribution < 1.29 is 19.5 Å². The van der Waals surface area contributed by atoms with Crippen LogP contribution in [-0.4, -0.2) is 57.9 Å². The molecule has 0 saturated carbocycles. The summed E-state index contributed by atoms with van der Waals surface area (Å²) in [5, 5.41) is 9.57. The summed E-state index contributed by atoms with van der Waals surface area (Å²) in [7, 11) is 0. The van der Waals surface area contributed by atoms with Crippen molar-refractivity contribution in [3.05, 3.63) is 0 Å². The Balaban J connectivity index is 2.25. The fourth-order valence-electron chi connectivity index (χ4n) is 3.63. The number of imide groups is 1. The van der Waals surface area contributed by atoms with Crippen LogP contribution in [0.2, 0.25) is 0 Å². The number of hydrogen-bond acceptors (Lipinski definition) is 4. The second-order valence-corrected chi connectivity index (χ2v) is 6.67. The molecule has 2 unspecified atom stereocenters. The number of aliphatic carboxylic acids is 1. The summed E-state index contributed by atoms with van der Waals surface area (Å²) in [6.45, 7) is 6.73. The molecule has 2 aliphatic rings. The van der Waals surface area contributed by atoms with Gasteiger partial charge in [-0.3, -0.25) is 24.2 Å². The molecule has 0 aromatic carbocycles. The van der Waals surface area contributed by atoms with Gasteiger partial charge < -0.3 is 5.11 Å². The lowest BCUT2D eigenvalue weighted by Crippen LogP contribution is -2.59. The number of carbonyl (C=O) groups excluding carboxylic acids is 2. The zero-order valence-electron chi connectivity index (χ0n) is 13.0. The Morgan fingerprint density at radius 1 is 1.38 bits per heavy atom. The van der Waals surface area contributed by atoms with Gasteiger partial charge in [0.25, 0.3) is 0 Å². The molecule has 2 aliphatic heterocycles. The second kappa shape index (κ2) is 5.75. The van der Waals surface area contributed by atoms with Gasteiger partial charge in [0.1, 0.15) is 6.04 Å². The van der Waals surface area contributed by atoms with Crippen molar-refractivity contribution in [3.8, 4) is 0 Å². The third-order valence-electron chi connectivity index (χ3n) is 4.61. The lowest BCUT2D eigenvalue weighted by Gasteiger charge is -2.45. The van der Waals surface area contributed by atoms with Gasteiger partial charge in [-0.2, -0.15) is 0 Å². The van der Waals surface area contributed by atoms with Crippen molar-refractivity contribution >= 4 is 17.8 Å². The van der Waals surface area contributed by atoms with Crippen LogP contribution in [0.3, 0.4) is 0 Å². The smallest absolute Gasteiger partial charge is 0.321 e. The van der Waals surface area contributed by atoms with Crippen molar-refractivity contribution in [2.75, 3.05) is 13.1 Å². The molecule has 2 heterocycles. The molecule has 1 N–H and O–H groups in total. The van der Waals surface area contributed by atoms with Crippen LogP contribution in [0.25, 0.3) is 0 Å². The van der Waals surface area contributed by atoms with Crippen LogP contribution in [0, 0.1) is 5.41 Å². The maximum absolute atomic E-state index is 12.5. The standard InChI is InChI=1S/C15H24N2O4/c1-4-7-17-11(18)9-10(13(17)19)16-8-5-6-15(2,3)12(16)14(20)21/h10,12H,4-9H2,1-3H3,(H,20,21). The molecule has 6 nitrogen and oxygen atoms in total. The van der Waals surface area contributed by atoms with Crippen LogP contribution in [0.4, 0.5) is 0 Å². The number of amides is 2. The molecule has 0 radical (unpaired) electrons. The SMILES string of the molecule is CCCN1C(=O)CC(N2CCCC(C)(C)C2C(=O)O)C1=O. The lowest BCUT2D eigenvalue weighted by molar-refractivity contribution is -0.154. The predicted molar refractivity (Wildman–Crippen MR) is 76.6 cm³/mol. The summed E-state index contributed by atoms with van der Waals surface area (Å²) in [5.41, 5.74) is -0.397. The first-order chi connectivity index (χ1) is 9.79. The summed E-state index contributed by atoms with van der Waals surface area (Å²) >= 11 is 0. The van der Waals surface area contributed by atoms with E-state index in [0.717, 1.165) is 19.3 Å². The third-order valence-corrected chi connectivity index (χ3v) is 4.61. The van der Waals surface area contributed by atoms with Gasteiger partial charge in [-0.25, -0.2) is 0 Å². The third kappa shape index (κ3) is 2.81. The molecule has 0 aliphatic carbocycles. The number of piperidine rings is 1. The van der Waals surface area contributed by atoms with Crippen LogP contribution in [-0.2, 0) is 14.4 Å². The molecule has 0 bridgehead atoms. The molecule has 2 amide bonds. The van der Waals surface area contributed by atoms with Crippen molar-refractivity contribution in [1.29, 1.82) is 0 Å². The van der Waals surface area contributed by atoms with Crippen molar-refractivity contribution in [3.63, 3.8) is 0 Å². The monoisotopic (exact) mass is 296 g/mol. The highest BCUT2D eigenvalue weighted by Crippen LogP contribution is 2.38. The molecule has 6 heteroatoms. The number of hydrogen-bond donors (Lipinski definition) is 1. The molecular formula is C15H24N2O4. The van der Waals surface area contributed by atoms with Gasteiger partial charge >= 0.3 is 5.97 Å². The summed E-state index contributed by atoms with van der Waals surface area (Å²) in [5.74, 6) is -1.32. The topological polar surface area (TPSA) is 77.9 Å². The fourth-order valence-corrected chi connectivity index (χ4v) is 3.63. The molecule has 2 saturated heterocycles. The maximum Gasteiger partial charge on any atom is 0.321 e. The van der Waals surface area contributed by atoms with Crippen LogP contribution < -0.4 is 0 Å². The van der Waals surface area contributed by atoms with E-state index in [4.69, 9.17) is 0 Å². The minimum Gasteiger partial charge on any atom is -0.480 e. The second-order valence-electron chi connectivity index (χ2n) is 6.67. The highest BCUT2D eigenvalue weighted by Gasteiger charge is 2.50. The Bertz CT molecular complexity index is 461. The average Bonchev–Trinajstić information content (AvgIpc) is 2.65. The van der Waals surface area contributed by atoms with Crippen molar-refractivity contribution in [2.24, 2.45) is 5.41 Å². The zero-order valence-corrected chi connectivity index (χ0v) is 13.0. The molecule has 2 fully saturated rings. The van der Waals surface area contributed by atoms with Gasteiger partial charge in [0, 0.05) is 6.54 Å². The van der Waals surface area contributed by atoms with Crippen LogP contribution in [0.5, 0.6) is 0 Å². The molecular weight excluding hydrogens is 272 g/mol. The maximum atomic E-state index is 12.5. The largest absolute Gasteiger partial charge is 0.480 e. The minimum atomic E-state index is -0.908. The zero-order chi connectivity index (χ0) is 15.8. The van der Waals surface area contributed by atoms with E-state index in [0.29, 0.717) is 13.1 Å². The average molecular weight is 296 g/mol. The molecule has 0 aromatic rings. The van der Waals surface area contributed by atoms with Crippen molar-refractivity contribution in [1.82, 2.24) is 9.80 Å².